The SMILES string of the molecule is CCCc1cc(-c2n[nH]c(=O)n2-c2ccc(CN3CCN(C(=O)C4CCN(c5ccc(Nc6ncc7c(n6)N(S(C)(=O)=O)c6ccccc6C(=O)N7C)c(OCC)c5)CC4)CC3)cc2)c(O)cc1O. The molecular weight excluding hydrogens is 903 g/mol. The number of aromatic nitrogens is 5. The van der Waals surface area contributed by atoms with E-state index in [0.29, 0.717) is 86.8 Å². The minimum absolute atomic E-state index is 0.00155. The maximum atomic E-state index is 13.8. The van der Waals surface area contributed by atoms with Gasteiger partial charge in [-0.3, -0.25) is 14.5 Å². The van der Waals surface area contributed by atoms with Crippen molar-refractivity contribution >= 4 is 56.4 Å². The summed E-state index contributed by atoms with van der Waals surface area (Å²) in [5.74, 6) is 0.485. The Labute approximate surface area is 399 Å². The van der Waals surface area contributed by atoms with E-state index in [9.17, 15) is 33.0 Å². The molecule has 19 nitrogen and oxygen atoms in total. The Bertz CT molecular complexity index is 3070. The molecule has 0 bridgehead atoms. The molecule has 0 atom stereocenters. The van der Waals surface area contributed by atoms with Gasteiger partial charge in [0.1, 0.15) is 22.9 Å². The number of piperazine rings is 1. The molecule has 4 aromatic carbocycles. The van der Waals surface area contributed by atoms with Crippen LogP contribution >= 0.6 is 0 Å². The average molecular weight is 958 g/mol. The standard InChI is InChI=1S/C49H55N11O8S/c1-5-9-33-26-37(42(62)28-41(33)61)44-53-54-49(65)59(44)34-14-12-31(13-15-34)30-56-22-24-58(25-23-56)46(63)32-18-20-57(21-19-32)35-16-17-38(43(27-35)68-6-2)51-48-50-29-40-45(52-48)60(69(4,66)67)39-11-8-7-10-36(39)47(64)55(40)3/h7-8,10-17,26-29,32,61-62H,5-6,9,18-25,30H2,1-4H3,(H,54,65)(H,50,51,52). The van der Waals surface area contributed by atoms with E-state index in [4.69, 9.17) is 4.74 Å². The smallest absolute Gasteiger partial charge is 0.348 e. The van der Waals surface area contributed by atoms with Crippen molar-refractivity contribution in [3.8, 4) is 34.3 Å². The number of hydrogen-bond acceptors (Lipinski definition) is 14. The van der Waals surface area contributed by atoms with Crippen molar-refractivity contribution in [1.82, 2.24) is 34.5 Å². The van der Waals surface area contributed by atoms with Crippen LogP contribution < -0.4 is 29.8 Å². The zero-order valence-corrected chi connectivity index (χ0v) is 39.7. The number of carbonyl (C=O) groups excluding carboxylic acids is 2. The second-order valence-corrected chi connectivity index (χ2v) is 19.3. The largest absolute Gasteiger partial charge is 0.508 e. The van der Waals surface area contributed by atoms with Crippen LogP contribution in [0.3, 0.4) is 0 Å². The number of amides is 2. The fourth-order valence-corrected chi connectivity index (χ4v) is 10.3. The third-order valence-corrected chi connectivity index (χ3v) is 14.0. The Morgan fingerprint density at radius 1 is 0.870 bits per heavy atom. The van der Waals surface area contributed by atoms with Crippen LogP contribution in [0.4, 0.5) is 34.5 Å². The normalized spacial score (nSPS) is 15.7. The Morgan fingerprint density at radius 2 is 1.59 bits per heavy atom. The van der Waals surface area contributed by atoms with E-state index < -0.39 is 15.7 Å². The topological polar surface area (TPSA) is 223 Å². The van der Waals surface area contributed by atoms with E-state index in [-0.39, 0.29) is 63.8 Å². The van der Waals surface area contributed by atoms with Crippen LogP contribution in [-0.2, 0) is 27.8 Å². The highest BCUT2D eigenvalue weighted by Gasteiger charge is 2.36. The van der Waals surface area contributed by atoms with Crippen LogP contribution in [0, 0.1) is 5.92 Å². The highest BCUT2D eigenvalue weighted by molar-refractivity contribution is 7.92. The maximum Gasteiger partial charge on any atom is 0.348 e. The van der Waals surface area contributed by atoms with Gasteiger partial charge in [-0.25, -0.2) is 32.2 Å². The fourth-order valence-electron chi connectivity index (χ4n) is 9.36. The minimum atomic E-state index is -3.93. The van der Waals surface area contributed by atoms with Crippen molar-refractivity contribution in [3.05, 3.63) is 112 Å². The predicted octanol–water partition coefficient (Wildman–Crippen LogP) is 5.77. The van der Waals surface area contributed by atoms with Gasteiger partial charge in [0.25, 0.3) is 5.91 Å². The summed E-state index contributed by atoms with van der Waals surface area (Å²) in [4.78, 5) is 57.1. The molecule has 4 N–H and O–H groups in total. The van der Waals surface area contributed by atoms with Gasteiger partial charge in [-0.15, -0.1) is 0 Å². The number of phenolic OH excluding ortho intramolecular Hbond substituents is 2. The van der Waals surface area contributed by atoms with Crippen LogP contribution in [0.15, 0.2) is 89.9 Å². The Hall–Kier alpha value is -7.45. The van der Waals surface area contributed by atoms with Gasteiger partial charge in [0.15, 0.2) is 11.6 Å². The molecule has 0 spiro atoms. The van der Waals surface area contributed by atoms with Crippen molar-refractivity contribution in [1.29, 1.82) is 0 Å². The van der Waals surface area contributed by atoms with Crippen molar-refractivity contribution in [2.24, 2.45) is 5.92 Å². The molecule has 2 amide bonds. The number of nitrogens with zero attached hydrogens (tertiary/aromatic N) is 9. The molecule has 69 heavy (non-hydrogen) atoms. The molecule has 0 radical (unpaired) electrons. The minimum Gasteiger partial charge on any atom is -0.508 e. The highest BCUT2D eigenvalue weighted by atomic mass is 32.2. The van der Waals surface area contributed by atoms with Crippen molar-refractivity contribution in [2.75, 3.05) is 78.6 Å². The first-order valence-corrected chi connectivity index (χ1v) is 24.9. The summed E-state index contributed by atoms with van der Waals surface area (Å²) < 4.78 is 35.0. The van der Waals surface area contributed by atoms with Gasteiger partial charge in [0.05, 0.1) is 47.2 Å². The summed E-state index contributed by atoms with van der Waals surface area (Å²) in [7, 11) is -2.38. The summed E-state index contributed by atoms with van der Waals surface area (Å²) in [6.07, 6.45) is 5.32. The molecule has 0 aliphatic carbocycles. The number of aromatic amines is 1. The summed E-state index contributed by atoms with van der Waals surface area (Å²) in [6.45, 7) is 9.06. The lowest BCUT2D eigenvalue weighted by atomic mass is 9.94. The molecule has 5 heterocycles. The summed E-state index contributed by atoms with van der Waals surface area (Å²) in [5, 5.41) is 30.9. The number of benzene rings is 4. The zero-order valence-electron chi connectivity index (χ0n) is 38.9. The molecule has 360 valence electrons. The first kappa shape index (κ1) is 46.7. The van der Waals surface area contributed by atoms with Gasteiger partial charge < -0.3 is 35.0 Å². The molecule has 3 aliphatic heterocycles. The average Bonchev–Trinajstić information content (AvgIpc) is 3.69. The third-order valence-electron chi connectivity index (χ3n) is 12.9. The third kappa shape index (κ3) is 9.41. The molecule has 2 aromatic heterocycles. The van der Waals surface area contributed by atoms with Crippen LogP contribution in [0.1, 0.15) is 54.6 Å². The zero-order chi connectivity index (χ0) is 48.6. The lowest BCUT2D eigenvalue weighted by Crippen LogP contribution is -2.51. The second kappa shape index (κ2) is 19.3. The number of phenols is 2. The fraction of sp³-hybridized carbons (Fsp3) is 0.347. The van der Waals surface area contributed by atoms with Crippen LogP contribution in [-0.4, -0.2) is 124 Å². The van der Waals surface area contributed by atoms with Crippen molar-refractivity contribution < 1.29 is 33.0 Å². The molecule has 20 heteroatoms. The van der Waals surface area contributed by atoms with E-state index >= 15 is 0 Å². The predicted molar refractivity (Wildman–Crippen MR) is 263 cm³/mol. The lowest BCUT2D eigenvalue weighted by molar-refractivity contribution is -0.138. The number of para-hydroxylation sites is 1. The number of anilines is 6. The molecular formula is C49H55N11O8S. The lowest BCUT2D eigenvalue weighted by Gasteiger charge is -2.39. The first-order valence-electron chi connectivity index (χ1n) is 23.1. The number of aromatic hydroxyl groups is 2. The Morgan fingerprint density at radius 3 is 2.30 bits per heavy atom. The maximum absolute atomic E-state index is 13.8. The van der Waals surface area contributed by atoms with E-state index in [2.05, 4.69) is 35.3 Å². The molecule has 2 saturated heterocycles. The van der Waals surface area contributed by atoms with Crippen LogP contribution in [0.2, 0.25) is 0 Å². The van der Waals surface area contributed by atoms with E-state index in [1.165, 1.54) is 21.7 Å². The Kier molecular flexibility index (Phi) is 13.0. The Balaban J connectivity index is 0.801. The number of sulfonamides is 1. The molecule has 9 rings (SSSR count). The van der Waals surface area contributed by atoms with Gasteiger partial charge in [0, 0.05) is 76.6 Å². The van der Waals surface area contributed by atoms with E-state index in [1.807, 2.05) is 61.2 Å². The van der Waals surface area contributed by atoms with Crippen LogP contribution in [0.5, 0.6) is 17.2 Å². The number of piperidine rings is 1. The monoisotopic (exact) mass is 957 g/mol. The first-order chi connectivity index (χ1) is 33.2. The summed E-state index contributed by atoms with van der Waals surface area (Å²) in [6, 6.07) is 22.9. The summed E-state index contributed by atoms with van der Waals surface area (Å²) >= 11 is 0. The second-order valence-electron chi connectivity index (χ2n) is 17.5. The number of ether oxygens (including phenoxy) is 1. The number of H-pyrrole nitrogens is 1. The molecule has 6 aromatic rings. The molecule has 2 fully saturated rings. The number of rotatable bonds is 13. The van der Waals surface area contributed by atoms with Gasteiger partial charge in [-0.2, -0.15) is 10.1 Å². The number of hydrogen-bond donors (Lipinski definition) is 4. The van der Waals surface area contributed by atoms with Gasteiger partial charge in [0.2, 0.25) is 21.9 Å². The van der Waals surface area contributed by atoms with Gasteiger partial charge >= 0.3 is 5.69 Å². The number of carbonyl (C=O) groups is 2. The quantitative estimate of drug-likeness (QED) is 0.108. The van der Waals surface area contributed by atoms with Crippen molar-refractivity contribution in [2.45, 2.75) is 46.1 Å². The van der Waals surface area contributed by atoms with Gasteiger partial charge in [-0.1, -0.05) is 37.6 Å². The number of fused-ring (bicyclic) bond motifs is 2. The van der Waals surface area contributed by atoms with Crippen LogP contribution in [0.25, 0.3) is 17.1 Å². The number of nitrogens with one attached hydrogen (secondary N) is 2. The number of aryl methyl sites for hydroxylation is 1. The van der Waals surface area contributed by atoms with Crippen molar-refractivity contribution in [3.63, 3.8) is 0 Å². The molecule has 0 unspecified atom stereocenters. The highest BCUT2D eigenvalue weighted by Crippen LogP contribution is 2.42. The van der Waals surface area contributed by atoms with E-state index in [1.54, 1.807) is 37.4 Å². The summed E-state index contributed by atoms with van der Waals surface area (Å²) in [5.41, 5.74) is 4.36. The van der Waals surface area contributed by atoms with Gasteiger partial charge in [-0.05, 0) is 79.8 Å². The molecule has 3 aliphatic rings. The van der Waals surface area contributed by atoms with E-state index in [0.717, 1.165) is 41.3 Å². The molecule has 0 saturated carbocycles.